The number of nitriles is 1. The van der Waals surface area contributed by atoms with E-state index in [9.17, 15) is 9.18 Å². The first kappa shape index (κ1) is 10.9. The minimum absolute atomic E-state index is 0.0303. The van der Waals surface area contributed by atoms with E-state index in [0.29, 0.717) is 4.47 Å². The smallest absolute Gasteiger partial charge is 0.167 e. The summed E-state index contributed by atoms with van der Waals surface area (Å²) in [6, 6.07) is 6.19. The van der Waals surface area contributed by atoms with Crippen LogP contribution < -0.4 is 0 Å². The Bertz CT molecular complexity index is 377. The number of carbonyl (C=O) groups excluding carboxylic acids is 1. The highest BCUT2D eigenvalue weighted by Crippen LogP contribution is 2.21. The first-order valence-electron chi connectivity index (χ1n) is 4.01. The second-order valence-corrected chi connectivity index (χ2v) is 3.53. The lowest BCUT2D eigenvalue weighted by molar-refractivity contribution is 0.0979. The summed E-state index contributed by atoms with van der Waals surface area (Å²) >= 11 is 3.10. The molecule has 0 bridgehead atoms. The summed E-state index contributed by atoms with van der Waals surface area (Å²) in [7, 11) is 0. The van der Waals surface area contributed by atoms with Gasteiger partial charge in [0.15, 0.2) is 5.78 Å². The Morgan fingerprint density at radius 3 is 2.86 bits per heavy atom. The first-order chi connectivity index (χ1) is 6.66. The van der Waals surface area contributed by atoms with Gasteiger partial charge in [0.1, 0.15) is 5.82 Å². The van der Waals surface area contributed by atoms with E-state index in [-0.39, 0.29) is 24.2 Å². The highest BCUT2D eigenvalue weighted by atomic mass is 79.9. The van der Waals surface area contributed by atoms with Gasteiger partial charge in [-0.3, -0.25) is 4.79 Å². The van der Waals surface area contributed by atoms with E-state index in [2.05, 4.69) is 15.9 Å². The molecule has 72 valence electrons. The van der Waals surface area contributed by atoms with Gasteiger partial charge in [-0.1, -0.05) is 6.07 Å². The molecule has 0 atom stereocenters. The predicted molar refractivity (Wildman–Crippen MR) is 53.3 cm³/mol. The molecule has 0 saturated carbocycles. The largest absolute Gasteiger partial charge is 0.294 e. The SMILES string of the molecule is N#CCCC(=O)c1c(F)cccc1Br. The molecule has 4 heteroatoms. The van der Waals surface area contributed by atoms with E-state index in [1.807, 2.05) is 6.07 Å². The monoisotopic (exact) mass is 255 g/mol. The summed E-state index contributed by atoms with van der Waals surface area (Å²) in [5.41, 5.74) is 0.0303. The second-order valence-electron chi connectivity index (χ2n) is 2.68. The summed E-state index contributed by atoms with van der Waals surface area (Å²) in [5.74, 6) is -0.904. The Morgan fingerprint density at radius 2 is 2.29 bits per heavy atom. The fourth-order valence-electron chi connectivity index (χ4n) is 1.06. The number of hydrogen-bond donors (Lipinski definition) is 0. The molecule has 1 aromatic carbocycles. The van der Waals surface area contributed by atoms with Crippen LogP contribution in [0.1, 0.15) is 23.2 Å². The van der Waals surface area contributed by atoms with Crippen molar-refractivity contribution in [1.82, 2.24) is 0 Å². The third-order valence-corrected chi connectivity index (χ3v) is 2.37. The van der Waals surface area contributed by atoms with Crippen LogP contribution in [-0.2, 0) is 0 Å². The van der Waals surface area contributed by atoms with Crippen molar-refractivity contribution in [1.29, 1.82) is 5.26 Å². The zero-order valence-corrected chi connectivity index (χ0v) is 8.84. The van der Waals surface area contributed by atoms with Crippen LogP contribution in [0.25, 0.3) is 0 Å². The van der Waals surface area contributed by atoms with Crippen molar-refractivity contribution < 1.29 is 9.18 Å². The summed E-state index contributed by atoms with van der Waals surface area (Å²) in [4.78, 5) is 11.4. The van der Waals surface area contributed by atoms with Crippen LogP contribution in [0.3, 0.4) is 0 Å². The summed E-state index contributed by atoms with van der Waals surface area (Å²) in [6.45, 7) is 0. The average molecular weight is 256 g/mol. The van der Waals surface area contributed by atoms with Crippen molar-refractivity contribution in [2.24, 2.45) is 0 Å². The van der Waals surface area contributed by atoms with Crippen LogP contribution in [0.2, 0.25) is 0 Å². The Labute approximate surface area is 89.5 Å². The van der Waals surface area contributed by atoms with Crippen LogP contribution in [0.4, 0.5) is 4.39 Å². The minimum atomic E-state index is -0.553. The molecular weight excluding hydrogens is 249 g/mol. The average Bonchev–Trinajstić information content (AvgIpc) is 2.14. The molecule has 0 N–H and O–H groups in total. The molecule has 14 heavy (non-hydrogen) atoms. The van der Waals surface area contributed by atoms with E-state index in [1.54, 1.807) is 6.07 Å². The van der Waals surface area contributed by atoms with Crippen molar-refractivity contribution in [2.45, 2.75) is 12.8 Å². The molecule has 0 radical (unpaired) electrons. The maximum absolute atomic E-state index is 13.2. The number of Topliss-reactive ketones (excluding diaryl/α,β-unsaturated/α-hetero) is 1. The fraction of sp³-hybridized carbons (Fsp3) is 0.200. The van der Waals surface area contributed by atoms with Gasteiger partial charge >= 0.3 is 0 Å². The molecule has 0 amide bonds. The molecule has 0 heterocycles. The number of hydrogen-bond acceptors (Lipinski definition) is 2. The topological polar surface area (TPSA) is 40.9 Å². The molecule has 0 fully saturated rings. The summed E-state index contributed by atoms with van der Waals surface area (Å²) in [5, 5.41) is 8.29. The number of rotatable bonds is 3. The fourth-order valence-corrected chi connectivity index (χ4v) is 1.62. The summed E-state index contributed by atoms with van der Waals surface area (Å²) in [6.07, 6.45) is 0.162. The van der Waals surface area contributed by atoms with Gasteiger partial charge in [0.05, 0.1) is 11.6 Å². The Morgan fingerprint density at radius 1 is 1.57 bits per heavy atom. The molecule has 0 spiro atoms. The second kappa shape index (κ2) is 4.87. The molecule has 1 aromatic rings. The minimum Gasteiger partial charge on any atom is -0.294 e. The number of halogens is 2. The maximum atomic E-state index is 13.2. The van der Waals surface area contributed by atoms with E-state index in [1.165, 1.54) is 12.1 Å². The van der Waals surface area contributed by atoms with Crippen LogP contribution >= 0.6 is 15.9 Å². The normalized spacial score (nSPS) is 9.50. The lowest BCUT2D eigenvalue weighted by Gasteiger charge is -2.02. The van der Waals surface area contributed by atoms with E-state index < -0.39 is 5.82 Å². The van der Waals surface area contributed by atoms with Gasteiger partial charge < -0.3 is 0 Å². The van der Waals surface area contributed by atoms with Crippen LogP contribution in [0, 0.1) is 17.1 Å². The molecule has 0 aliphatic heterocycles. The molecular formula is C10H7BrFNO. The molecule has 0 saturated heterocycles. The van der Waals surface area contributed by atoms with Gasteiger partial charge in [0.25, 0.3) is 0 Å². The van der Waals surface area contributed by atoms with Gasteiger partial charge in [-0.25, -0.2) is 4.39 Å². The van der Waals surface area contributed by atoms with Crippen molar-refractivity contribution in [3.05, 3.63) is 34.1 Å². The lowest BCUT2D eigenvalue weighted by Crippen LogP contribution is -2.03. The standard InChI is InChI=1S/C10H7BrFNO/c11-7-3-1-4-8(12)10(7)9(14)5-2-6-13/h1,3-4H,2,5H2. The van der Waals surface area contributed by atoms with Crippen LogP contribution in [0.5, 0.6) is 0 Å². The Balaban J connectivity index is 2.95. The van der Waals surface area contributed by atoms with Crippen LogP contribution in [0.15, 0.2) is 22.7 Å². The van der Waals surface area contributed by atoms with E-state index >= 15 is 0 Å². The van der Waals surface area contributed by atoms with Gasteiger partial charge in [-0.05, 0) is 28.1 Å². The van der Waals surface area contributed by atoms with Crippen molar-refractivity contribution in [2.75, 3.05) is 0 Å². The third-order valence-electron chi connectivity index (χ3n) is 1.71. The maximum Gasteiger partial charge on any atom is 0.167 e. The summed E-state index contributed by atoms with van der Waals surface area (Å²) < 4.78 is 13.6. The predicted octanol–water partition coefficient (Wildman–Crippen LogP) is 3.07. The highest BCUT2D eigenvalue weighted by Gasteiger charge is 2.14. The zero-order chi connectivity index (χ0) is 10.6. The van der Waals surface area contributed by atoms with Crippen molar-refractivity contribution >= 4 is 21.7 Å². The molecule has 1 rings (SSSR count). The van der Waals surface area contributed by atoms with Gasteiger partial charge in [0, 0.05) is 17.3 Å². The van der Waals surface area contributed by atoms with E-state index in [4.69, 9.17) is 5.26 Å². The molecule has 0 aliphatic rings. The number of benzene rings is 1. The first-order valence-corrected chi connectivity index (χ1v) is 4.80. The quantitative estimate of drug-likeness (QED) is 0.779. The Hall–Kier alpha value is -1.21. The molecule has 0 aliphatic carbocycles. The highest BCUT2D eigenvalue weighted by molar-refractivity contribution is 9.10. The zero-order valence-electron chi connectivity index (χ0n) is 7.26. The number of nitrogens with zero attached hydrogens (tertiary/aromatic N) is 1. The van der Waals surface area contributed by atoms with Crippen molar-refractivity contribution in [3.8, 4) is 6.07 Å². The Kier molecular flexibility index (Phi) is 3.78. The number of carbonyl (C=O) groups is 1. The van der Waals surface area contributed by atoms with Gasteiger partial charge in [0.2, 0.25) is 0 Å². The molecule has 0 unspecified atom stereocenters. The van der Waals surface area contributed by atoms with Crippen molar-refractivity contribution in [3.63, 3.8) is 0 Å². The lowest BCUT2D eigenvalue weighted by atomic mass is 10.1. The molecule has 0 aromatic heterocycles. The van der Waals surface area contributed by atoms with Gasteiger partial charge in [-0.15, -0.1) is 0 Å². The number of ketones is 1. The van der Waals surface area contributed by atoms with Gasteiger partial charge in [-0.2, -0.15) is 5.26 Å². The third kappa shape index (κ3) is 2.39. The molecule has 2 nitrogen and oxygen atoms in total. The van der Waals surface area contributed by atoms with E-state index in [0.717, 1.165) is 0 Å². The van der Waals surface area contributed by atoms with Crippen LogP contribution in [-0.4, -0.2) is 5.78 Å².